The Morgan fingerprint density at radius 2 is 2.00 bits per heavy atom. The average Bonchev–Trinajstić information content (AvgIpc) is 3.09. The molecule has 0 bridgehead atoms. The van der Waals surface area contributed by atoms with E-state index in [1.165, 1.54) is 0 Å². The van der Waals surface area contributed by atoms with Gasteiger partial charge in [0.25, 0.3) is 0 Å². The Hall–Kier alpha value is -2.83. The van der Waals surface area contributed by atoms with E-state index in [9.17, 15) is 4.79 Å². The lowest BCUT2D eigenvalue weighted by Gasteiger charge is -2.17. The summed E-state index contributed by atoms with van der Waals surface area (Å²) in [6, 6.07) is 13.3. The highest BCUT2D eigenvalue weighted by atomic mass is 16.6. The Labute approximate surface area is 147 Å². The molecule has 7 nitrogen and oxygen atoms in total. The van der Waals surface area contributed by atoms with E-state index in [4.69, 9.17) is 9.47 Å². The lowest BCUT2D eigenvalue weighted by atomic mass is 10.2. The molecule has 0 aliphatic carbocycles. The largest absolute Gasteiger partial charge is 0.471 e. The number of anilines is 1. The first-order chi connectivity index (χ1) is 12.1. The van der Waals surface area contributed by atoms with E-state index in [1.807, 2.05) is 55.4 Å². The summed E-state index contributed by atoms with van der Waals surface area (Å²) in [5.41, 5.74) is 0.971. The summed E-state index contributed by atoms with van der Waals surface area (Å²) in [5, 5.41) is 8.14. The van der Waals surface area contributed by atoms with Crippen LogP contribution in [0.4, 0.5) is 10.6 Å². The molecule has 0 radical (unpaired) electrons. The van der Waals surface area contributed by atoms with Gasteiger partial charge < -0.3 is 19.3 Å². The number of hydrogen-bond acceptors (Lipinski definition) is 6. The van der Waals surface area contributed by atoms with Gasteiger partial charge in [-0.3, -0.25) is 0 Å². The minimum Gasteiger partial charge on any atom is -0.471 e. The van der Waals surface area contributed by atoms with Crippen molar-refractivity contribution in [1.82, 2.24) is 15.1 Å². The van der Waals surface area contributed by atoms with Crippen LogP contribution in [-0.2, 0) is 11.3 Å². The Morgan fingerprint density at radius 1 is 1.20 bits per heavy atom. The summed E-state index contributed by atoms with van der Waals surface area (Å²) in [6.45, 7) is 1.38. The Balaban J connectivity index is 1.47. The van der Waals surface area contributed by atoms with Gasteiger partial charge in [-0.2, -0.15) is 0 Å². The van der Waals surface area contributed by atoms with Crippen molar-refractivity contribution in [3.8, 4) is 5.88 Å². The molecule has 2 heterocycles. The average molecular weight is 342 g/mol. The molecule has 7 heteroatoms. The molecule has 1 aliphatic heterocycles. The molecule has 132 valence electrons. The van der Waals surface area contributed by atoms with E-state index >= 15 is 0 Å². The van der Waals surface area contributed by atoms with Crippen molar-refractivity contribution >= 4 is 11.9 Å². The molecular weight excluding hydrogens is 320 g/mol. The number of benzene rings is 1. The normalized spacial score (nSPS) is 16.6. The highest BCUT2D eigenvalue weighted by molar-refractivity contribution is 5.68. The second-order valence-corrected chi connectivity index (χ2v) is 6.14. The van der Waals surface area contributed by atoms with Gasteiger partial charge in [-0.1, -0.05) is 30.3 Å². The topological polar surface area (TPSA) is 67.8 Å². The summed E-state index contributed by atoms with van der Waals surface area (Å²) in [6.07, 6.45) is 0.338. The third-order valence-electron chi connectivity index (χ3n) is 3.98. The fourth-order valence-electron chi connectivity index (χ4n) is 2.59. The van der Waals surface area contributed by atoms with Crippen LogP contribution in [0.3, 0.4) is 0 Å². The smallest absolute Gasteiger partial charge is 0.410 e. The van der Waals surface area contributed by atoms with Crippen molar-refractivity contribution in [2.75, 3.05) is 32.1 Å². The second kappa shape index (κ2) is 7.83. The zero-order valence-corrected chi connectivity index (χ0v) is 14.5. The quantitative estimate of drug-likeness (QED) is 0.831. The number of ether oxygens (including phenoxy) is 2. The molecule has 0 saturated carbocycles. The van der Waals surface area contributed by atoms with Crippen molar-refractivity contribution in [1.29, 1.82) is 0 Å². The van der Waals surface area contributed by atoms with E-state index in [0.717, 1.165) is 17.8 Å². The number of rotatable bonds is 5. The molecule has 2 aromatic rings. The molecule has 1 unspecified atom stereocenters. The molecule has 1 amide bonds. The van der Waals surface area contributed by atoms with Crippen molar-refractivity contribution in [2.45, 2.75) is 19.1 Å². The molecule has 1 atom stereocenters. The molecule has 25 heavy (non-hydrogen) atoms. The van der Waals surface area contributed by atoms with Crippen LogP contribution < -0.4 is 9.64 Å². The van der Waals surface area contributed by atoms with E-state index < -0.39 is 0 Å². The fraction of sp³-hybridized carbons (Fsp3) is 0.389. The van der Waals surface area contributed by atoms with E-state index in [-0.39, 0.29) is 18.8 Å². The van der Waals surface area contributed by atoms with Crippen LogP contribution in [0.5, 0.6) is 5.88 Å². The first-order valence-corrected chi connectivity index (χ1v) is 8.25. The summed E-state index contributed by atoms with van der Waals surface area (Å²) in [4.78, 5) is 15.7. The maximum atomic E-state index is 12.2. The van der Waals surface area contributed by atoms with Crippen molar-refractivity contribution < 1.29 is 14.3 Å². The van der Waals surface area contributed by atoms with Crippen molar-refractivity contribution in [3.63, 3.8) is 0 Å². The standard InChI is InChI=1S/C18H22N4O3/c1-21(2)16-8-9-17(20-19-16)25-15-10-11-22(12-15)18(23)24-13-14-6-4-3-5-7-14/h3-9,15H,10-13H2,1-2H3. The number of amides is 1. The molecule has 0 N–H and O–H groups in total. The first-order valence-electron chi connectivity index (χ1n) is 8.25. The number of likely N-dealkylation sites (tertiary alicyclic amines) is 1. The third kappa shape index (κ3) is 4.59. The zero-order chi connectivity index (χ0) is 17.6. The number of carbonyl (C=O) groups excluding carboxylic acids is 1. The molecule has 1 aromatic heterocycles. The number of carbonyl (C=O) groups is 1. The SMILES string of the molecule is CN(C)c1ccc(OC2CCN(C(=O)OCc3ccccc3)C2)nn1. The summed E-state index contributed by atoms with van der Waals surface area (Å²) < 4.78 is 11.2. The lowest BCUT2D eigenvalue weighted by Crippen LogP contribution is -2.31. The molecule has 3 rings (SSSR count). The summed E-state index contributed by atoms with van der Waals surface area (Å²) in [5.74, 6) is 1.24. The third-order valence-corrected chi connectivity index (χ3v) is 3.98. The van der Waals surface area contributed by atoms with Gasteiger partial charge in [0, 0.05) is 33.1 Å². The highest BCUT2D eigenvalue weighted by Gasteiger charge is 2.29. The zero-order valence-electron chi connectivity index (χ0n) is 14.5. The van der Waals surface area contributed by atoms with Crippen LogP contribution in [0.25, 0.3) is 0 Å². The van der Waals surface area contributed by atoms with Crippen molar-refractivity contribution in [2.24, 2.45) is 0 Å². The Bertz CT molecular complexity index is 691. The van der Waals surface area contributed by atoms with Gasteiger partial charge in [0.2, 0.25) is 5.88 Å². The predicted molar refractivity (Wildman–Crippen MR) is 93.6 cm³/mol. The minimum atomic E-state index is -0.316. The number of nitrogens with zero attached hydrogens (tertiary/aromatic N) is 4. The fourth-order valence-corrected chi connectivity index (χ4v) is 2.59. The maximum Gasteiger partial charge on any atom is 0.410 e. The number of aromatic nitrogens is 2. The van der Waals surface area contributed by atoms with Gasteiger partial charge in [0.05, 0.1) is 6.54 Å². The van der Waals surface area contributed by atoms with Gasteiger partial charge in [-0.05, 0) is 11.6 Å². The van der Waals surface area contributed by atoms with E-state index in [2.05, 4.69) is 10.2 Å². The first kappa shape index (κ1) is 17.0. The van der Waals surface area contributed by atoms with Gasteiger partial charge in [-0.15, -0.1) is 10.2 Å². The van der Waals surface area contributed by atoms with Crippen LogP contribution in [0.15, 0.2) is 42.5 Å². The Morgan fingerprint density at radius 3 is 2.68 bits per heavy atom. The molecular formula is C18H22N4O3. The second-order valence-electron chi connectivity index (χ2n) is 6.14. The molecule has 1 aromatic carbocycles. The van der Waals surface area contributed by atoms with Crippen LogP contribution in [0.2, 0.25) is 0 Å². The molecule has 1 fully saturated rings. The van der Waals surface area contributed by atoms with Crippen LogP contribution in [-0.4, -0.2) is 54.5 Å². The lowest BCUT2D eigenvalue weighted by molar-refractivity contribution is 0.0987. The minimum absolute atomic E-state index is 0.0937. The maximum absolute atomic E-state index is 12.2. The predicted octanol–water partition coefficient (Wildman–Crippen LogP) is 2.33. The van der Waals surface area contributed by atoms with Crippen molar-refractivity contribution in [3.05, 3.63) is 48.0 Å². The highest BCUT2D eigenvalue weighted by Crippen LogP contribution is 2.18. The Kier molecular flexibility index (Phi) is 5.33. The van der Waals surface area contributed by atoms with Gasteiger partial charge in [0.1, 0.15) is 12.7 Å². The molecule has 1 aliphatic rings. The van der Waals surface area contributed by atoms with Gasteiger partial charge in [0.15, 0.2) is 5.82 Å². The van der Waals surface area contributed by atoms with Gasteiger partial charge >= 0.3 is 6.09 Å². The summed E-state index contributed by atoms with van der Waals surface area (Å²) in [7, 11) is 3.81. The number of hydrogen-bond donors (Lipinski definition) is 0. The summed E-state index contributed by atoms with van der Waals surface area (Å²) >= 11 is 0. The van der Waals surface area contributed by atoms with E-state index in [0.29, 0.717) is 19.0 Å². The molecule has 1 saturated heterocycles. The van der Waals surface area contributed by atoms with Crippen LogP contribution in [0.1, 0.15) is 12.0 Å². The van der Waals surface area contributed by atoms with E-state index in [1.54, 1.807) is 11.0 Å². The molecule has 0 spiro atoms. The van der Waals surface area contributed by atoms with Crippen LogP contribution in [0, 0.1) is 0 Å². The van der Waals surface area contributed by atoms with Gasteiger partial charge in [-0.25, -0.2) is 4.79 Å². The van der Waals surface area contributed by atoms with Crippen LogP contribution >= 0.6 is 0 Å². The monoisotopic (exact) mass is 342 g/mol.